The van der Waals surface area contributed by atoms with Crippen LogP contribution in [0.5, 0.6) is 0 Å². The molecule has 0 N–H and O–H groups in total. The molecule has 0 unspecified atom stereocenters. The molecule has 0 saturated heterocycles. The number of hydrogen-bond donors (Lipinski definition) is 0. The zero-order valence-corrected chi connectivity index (χ0v) is 30.7. The summed E-state index contributed by atoms with van der Waals surface area (Å²) in [5.74, 6) is 3.50. The Balaban J connectivity index is 0. The molecular weight excluding hydrogens is 564 g/mol. The molecule has 0 fully saturated rings. The van der Waals surface area contributed by atoms with E-state index in [0.717, 1.165) is 5.57 Å². The van der Waals surface area contributed by atoms with Crippen LogP contribution >= 0.6 is 0 Å². The van der Waals surface area contributed by atoms with E-state index in [-0.39, 0.29) is 26.2 Å². The summed E-state index contributed by atoms with van der Waals surface area (Å²) in [7, 11) is -5.88. The Labute approximate surface area is 241 Å². The normalized spacial score (nSPS) is 11.5. The minimum absolute atomic E-state index is 0. The van der Waals surface area contributed by atoms with Crippen molar-refractivity contribution in [3.05, 3.63) is 94.3 Å². The van der Waals surface area contributed by atoms with Crippen LogP contribution in [0, 0.1) is 22.9 Å². The van der Waals surface area contributed by atoms with Crippen LogP contribution in [0.25, 0.3) is 0 Å². The van der Waals surface area contributed by atoms with Gasteiger partial charge >= 0.3 is 26.2 Å². The van der Waals surface area contributed by atoms with Gasteiger partial charge in [0.25, 0.3) is 0 Å². The summed E-state index contributed by atoms with van der Waals surface area (Å²) in [5, 5.41) is 1.25. The first-order chi connectivity index (χ1) is 15.4. The molecule has 0 aliphatic rings. The molecule has 2 rings (SSSR count). The largest absolute Gasteiger partial charge is 4.00 e. The molecule has 2 aromatic carbocycles. The molecule has 35 heavy (non-hydrogen) atoms. The van der Waals surface area contributed by atoms with Crippen LogP contribution in [0.2, 0.25) is 78.6 Å². The molecule has 0 aliphatic carbocycles. The Bertz CT molecular complexity index is 929. The molecule has 0 nitrogen and oxygen atoms in total. The van der Waals surface area contributed by atoms with E-state index < -0.39 is 32.3 Å². The molecule has 0 aromatic heterocycles. The average Bonchev–Trinajstić information content (AvgIpc) is 3.37. The fraction of sp³-hybridized carbons (Fsp3) is 0.400. The summed E-state index contributed by atoms with van der Waals surface area (Å²) >= 11 is 0. The Morgan fingerprint density at radius 3 is 1.34 bits per heavy atom. The van der Waals surface area contributed by atoms with Gasteiger partial charge in [0.1, 0.15) is 8.07 Å². The number of allylic oxidation sites excluding steroid dienone is 2. The zero-order valence-electron chi connectivity index (χ0n) is 24.3. The Kier molecular flexibility index (Phi) is 17.3. The van der Waals surface area contributed by atoms with Crippen LogP contribution in [0.3, 0.4) is 0 Å². The maximum Gasteiger partial charge on any atom is 4.00 e. The molecule has 186 valence electrons. The second kappa shape index (κ2) is 16.7. The molecule has 2 aromatic rings. The van der Waals surface area contributed by atoms with Crippen LogP contribution < -0.4 is 0 Å². The second-order valence-electron chi connectivity index (χ2n) is 12.4. The average molecular weight is 610 g/mol. The van der Waals surface area contributed by atoms with Crippen molar-refractivity contribution in [2.75, 3.05) is 0 Å². The van der Waals surface area contributed by atoms with Gasteiger partial charge in [-0.2, -0.15) is 52.9 Å². The first kappa shape index (κ1) is 36.2. The van der Waals surface area contributed by atoms with Crippen LogP contribution in [0.4, 0.5) is 0 Å². The van der Waals surface area contributed by atoms with Crippen molar-refractivity contribution in [3.63, 3.8) is 0 Å². The smallest absolute Gasteiger partial charge is 0.368 e. The van der Waals surface area contributed by atoms with E-state index in [9.17, 15) is 0 Å². The summed E-state index contributed by atoms with van der Waals surface area (Å²) in [5.41, 5.74) is 18.5. The van der Waals surface area contributed by atoms with Crippen molar-refractivity contribution in [1.29, 1.82) is 0 Å². The number of rotatable bonds is 4. The van der Waals surface area contributed by atoms with Gasteiger partial charge in [0.15, 0.2) is 0 Å². The third kappa shape index (κ3) is 23.2. The van der Waals surface area contributed by atoms with Gasteiger partial charge < -0.3 is 11.5 Å². The van der Waals surface area contributed by atoms with Crippen LogP contribution in [-0.2, 0) is 26.2 Å². The van der Waals surface area contributed by atoms with Gasteiger partial charge in [-0.1, -0.05) is 78.6 Å². The van der Waals surface area contributed by atoms with E-state index in [1.807, 2.05) is 60.7 Å². The first-order valence-electron chi connectivity index (χ1n) is 12.1. The fourth-order valence-electron chi connectivity index (χ4n) is 2.33. The van der Waals surface area contributed by atoms with Gasteiger partial charge in [-0.3, -0.25) is 0 Å². The molecule has 0 radical (unpaired) electrons. The molecule has 0 aliphatic heterocycles. The molecule has 0 atom stereocenters. The monoisotopic (exact) mass is 608 g/mol. The van der Waals surface area contributed by atoms with E-state index in [0.29, 0.717) is 0 Å². The molecule has 0 spiro atoms. The van der Waals surface area contributed by atoms with Crippen molar-refractivity contribution in [3.8, 4) is 11.5 Å². The van der Waals surface area contributed by atoms with Gasteiger partial charge in [0, 0.05) is 16.1 Å². The molecule has 0 bridgehead atoms. The van der Waals surface area contributed by atoms with Crippen molar-refractivity contribution in [2.24, 2.45) is 0 Å². The maximum atomic E-state index is 3.77. The first-order valence-corrected chi connectivity index (χ1v) is 26.1. The van der Waals surface area contributed by atoms with Gasteiger partial charge in [0.05, 0.1) is 0 Å². The maximum absolute atomic E-state index is 3.77. The van der Waals surface area contributed by atoms with Crippen molar-refractivity contribution < 1.29 is 26.2 Å². The molecule has 5 heteroatoms. The summed E-state index contributed by atoms with van der Waals surface area (Å²) < 4.78 is 0. The molecule has 0 heterocycles. The predicted molar refractivity (Wildman–Crippen MR) is 166 cm³/mol. The third-order valence-electron chi connectivity index (χ3n) is 3.80. The summed E-state index contributed by atoms with van der Waals surface area (Å²) in [4.78, 5) is 0. The van der Waals surface area contributed by atoms with Crippen molar-refractivity contribution in [2.45, 2.75) is 78.6 Å². The number of hydrogen-bond acceptors (Lipinski definition) is 0. The third-order valence-corrected chi connectivity index (χ3v) is 8.42. The van der Waals surface area contributed by atoms with E-state index in [1.165, 1.54) is 5.20 Å². The van der Waals surface area contributed by atoms with Gasteiger partial charge in [-0.05, 0) is 8.07 Å². The van der Waals surface area contributed by atoms with Gasteiger partial charge in [0.2, 0.25) is 0 Å². The van der Waals surface area contributed by atoms with Crippen LogP contribution in [0.1, 0.15) is 0 Å². The van der Waals surface area contributed by atoms with E-state index in [4.69, 9.17) is 0 Å². The van der Waals surface area contributed by atoms with Gasteiger partial charge in [-0.15, -0.1) is 0 Å². The van der Waals surface area contributed by atoms with E-state index in [1.54, 1.807) is 0 Å². The minimum Gasteiger partial charge on any atom is -0.368 e. The Morgan fingerprint density at radius 2 is 1.09 bits per heavy atom. The topological polar surface area (TPSA) is 0 Å². The summed E-state index contributed by atoms with van der Waals surface area (Å²) in [6, 6.07) is 20.0. The van der Waals surface area contributed by atoms with Crippen molar-refractivity contribution in [1.82, 2.24) is 0 Å². The van der Waals surface area contributed by atoms with Crippen molar-refractivity contribution >= 4 is 32.3 Å². The molecule has 0 amide bonds. The predicted octanol–water partition coefficient (Wildman–Crippen LogP) is 9.08. The Morgan fingerprint density at radius 1 is 0.657 bits per heavy atom. The van der Waals surface area contributed by atoms with Gasteiger partial charge in [-0.25, -0.2) is 41.4 Å². The minimum atomic E-state index is -1.59. The fourth-order valence-corrected chi connectivity index (χ4v) is 5.64. The zero-order chi connectivity index (χ0) is 26.5. The summed E-state index contributed by atoms with van der Waals surface area (Å²) in [6.07, 6.45) is 0. The van der Waals surface area contributed by atoms with E-state index >= 15 is 0 Å². The van der Waals surface area contributed by atoms with Crippen LogP contribution in [-0.4, -0.2) is 32.3 Å². The Hall–Kier alpha value is -0.949. The standard InChI is InChI=1S/C20H36Si4.2C5H5.Zr/c1-21(2,3)16-13-14-20(24(10,11)12)19(18-23(7,8)9)15-17-22(4,5)6;2*1-2-4-5-3-1;/h1-12H3;2*1-5H;/q-2;2*-1;+4. The quantitative estimate of drug-likeness (QED) is 0.107. The van der Waals surface area contributed by atoms with E-state index in [2.05, 4.69) is 113 Å². The molecule has 0 saturated carbocycles. The second-order valence-corrected chi connectivity index (χ2v) is 31.7. The van der Waals surface area contributed by atoms with Crippen LogP contribution in [0.15, 0.2) is 82.9 Å². The summed E-state index contributed by atoms with van der Waals surface area (Å²) in [6.45, 7) is 27.7. The molecular formula is C30H46Si4Zr. The SMILES string of the molecule is C[Si](C)(C)C#CC(=[C-][Si](C)(C)C)C(=C=C=[C-][Si](C)(C)C)[Si](C)(C)C.[Zr+4].c1cc[cH-]c1.c1cc[cH-]c1.